The molecule has 30 heavy (non-hydrogen) atoms. The van der Waals surface area contributed by atoms with Gasteiger partial charge in [0.05, 0.1) is 23.3 Å². The zero-order valence-electron chi connectivity index (χ0n) is 17.1. The van der Waals surface area contributed by atoms with Crippen molar-refractivity contribution in [3.05, 3.63) is 46.4 Å². The number of halogens is 2. The van der Waals surface area contributed by atoms with E-state index in [-0.39, 0.29) is 44.9 Å². The maximum Gasteiger partial charge on any atom is 0.298 e. The molecule has 0 fully saturated rings. The van der Waals surface area contributed by atoms with Gasteiger partial charge in [0.15, 0.2) is 0 Å². The first-order valence-corrected chi connectivity index (χ1v) is 12.8. The quantitative estimate of drug-likeness (QED) is 0.434. The van der Waals surface area contributed by atoms with E-state index in [1.165, 1.54) is 24.3 Å². The zero-order valence-corrected chi connectivity index (χ0v) is 20.2. The third-order valence-electron chi connectivity index (χ3n) is 3.85. The van der Waals surface area contributed by atoms with Gasteiger partial charge in [-0.15, -0.1) is 0 Å². The van der Waals surface area contributed by atoms with Crippen LogP contribution in [-0.4, -0.2) is 30.0 Å². The van der Waals surface area contributed by atoms with Crippen molar-refractivity contribution in [2.45, 2.75) is 37.5 Å². The van der Waals surface area contributed by atoms with Crippen LogP contribution in [0.3, 0.4) is 0 Å². The molecule has 0 radical (unpaired) electrons. The molecule has 0 amide bonds. The van der Waals surface area contributed by atoms with Crippen LogP contribution in [0.25, 0.3) is 11.1 Å². The van der Waals surface area contributed by atoms with Gasteiger partial charge >= 0.3 is 0 Å². The van der Waals surface area contributed by atoms with Gasteiger partial charge in [-0.1, -0.05) is 63.0 Å². The molecule has 2 rings (SSSR count). The molecule has 0 heterocycles. The largest absolute Gasteiger partial charge is 0.298 e. The van der Waals surface area contributed by atoms with E-state index in [2.05, 4.69) is 0 Å². The lowest BCUT2D eigenvalue weighted by atomic mass is 10.1. The van der Waals surface area contributed by atoms with Gasteiger partial charge in [0, 0.05) is 0 Å². The van der Waals surface area contributed by atoms with Crippen molar-refractivity contribution in [3.8, 4) is 11.1 Å². The molecule has 0 aliphatic carbocycles. The Morgan fingerprint density at radius 1 is 0.700 bits per heavy atom. The smallest absolute Gasteiger partial charge is 0.266 e. The molecule has 0 unspecified atom stereocenters. The third-order valence-corrected chi connectivity index (χ3v) is 7.38. The van der Waals surface area contributed by atoms with Gasteiger partial charge in [0.25, 0.3) is 20.2 Å². The maximum absolute atomic E-state index is 12.5. The van der Waals surface area contributed by atoms with E-state index >= 15 is 0 Å². The fraction of sp³-hybridized carbons (Fsp3) is 0.400. The van der Waals surface area contributed by atoms with E-state index in [1.54, 1.807) is 12.1 Å². The monoisotopic (exact) mass is 494 g/mol. The van der Waals surface area contributed by atoms with Gasteiger partial charge in [-0.05, 0) is 47.2 Å². The normalized spacial score (nSPS) is 12.7. The Labute approximate surface area is 188 Å². The van der Waals surface area contributed by atoms with Crippen molar-refractivity contribution in [2.75, 3.05) is 13.2 Å². The zero-order chi connectivity index (χ0) is 22.7. The molecule has 0 saturated heterocycles. The molecular weight excluding hydrogens is 471 g/mol. The van der Waals surface area contributed by atoms with Crippen LogP contribution in [0.2, 0.25) is 10.0 Å². The summed E-state index contributed by atoms with van der Waals surface area (Å²) in [6.45, 7) is 7.32. The fourth-order valence-corrected chi connectivity index (χ4v) is 5.44. The van der Waals surface area contributed by atoms with Crippen molar-refractivity contribution >= 4 is 43.4 Å². The molecule has 166 valence electrons. The predicted molar refractivity (Wildman–Crippen MR) is 118 cm³/mol. The highest BCUT2D eigenvalue weighted by atomic mass is 35.5. The van der Waals surface area contributed by atoms with Crippen LogP contribution < -0.4 is 0 Å². The van der Waals surface area contributed by atoms with Crippen LogP contribution >= 0.6 is 23.2 Å². The summed E-state index contributed by atoms with van der Waals surface area (Å²) in [5, 5.41) is 0.00848. The van der Waals surface area contributed by atoms with Crippen LogP contribution in [0.1, 0.15) is 27.7 Å². The lowest BCUT2D eigenvalue weighted by Crippen LogP contribution is -2.12. The molecule has 0 aromatic heterocycles. The van der Waals surface area contributed by atoms with Gasteiger partial charge in [-0.3, -0.25) is 8.37 Å². The highest BCUT2D eigenvalue weighted by Gasteiger charge is 2.23. The van der Waals surface area contributed by atoms with Crippen molar-refractivity contribution in [1.82, 2.24) is 0 Å². The second kappa shape index (κ2) is 9.97. The lowest BCUT2D eigenvalue weighted by Gasteiger charge is -2.13. The Hall–Kier alpha value is -1.16. The molecule has 2 aromatic carbocycles. The Kier molecular flexibility index (Phi) is 8.35. The first-order valence-electron chi connectivity index (χ1n) is 9.22. The van der Waals surface area contributed by atoms with E-state index in [0.717, 1.165) is 0 Å². The van der Waals surface area contributed by atoms with E-state index < -0.39 is 20.2 Å². The van der Waals surface area contributed by atoms with E-state index in [4.69, 9.17) is 31.6 Å². The average molecular weight is 495 g/mol. The standard InChI is InChI=1S/C20H24Cl2O6S2/c1-13(2)11-27-29(23,24)19-9-15(5-7-17(19)21)16-6-8-18(22)20(10-16)30(25,26)28-12-14(3)4/h5-10,13-14H,11-12H2,1-4H3. The maximum atomic E-state index is 12.5. The summed E-state index contributed by atoms with van der Waals surface area (Å²) in [6, 6.07) is 8.68. The number of benzene rings is 2. The van der Waals surface area contributed by atoms with E-state index in [0.29, 0.717) is 11.1 Å². The number of hydrogen-bond donors (Lipinski definition) is 0. The highest BCUT2D eigenvalue weighted by molar-refractivity contribution is 7.87. The van der Waals surface area contributed by atoms with E-state index in [1.807, 2.05) is 27.7 Å². The van der Waals surface area contributed by atoms with Crippen molar-refractivity contribution in [1.29, 1.82) is 0 Å². The summed E-state index contributed by atoms with van der Waals surface area (Å²) in [5.41, 5.74) is 0.867. The Balaban J connectivity index is 2.48. The molecular formula is C20H24Cl2O6S2. The average Bonchev–Trinajstić information content (AvgIpc) is 2.65. The first-order chi connectivity index (χ1) is 13.8. The molecule has 0 N–H and O–H groups in total. The van der Waals surface area contributed by atoms with Gasteiger partial charge in [0.1, 0.15) is 9.79 Å². The SMILES string of the molecule is CC(C)COS(=O)(=O)c1cc(-c2ccc(Cl)c(S(=O)(=O)OCC(C)C)c2)ccc1Cl. The van der Waals surface area contributed by atoms with Gasteiger partial charge in [0.2, 0.25) is 0 Å². The second-order valence-corrected chi connectivity index (χ2v) is 11.5. The van der Waals surface area contributed by atoms with Gasteiger partial charge in [-0.2, -0.15) is 16.8 Å². The summed E-state index contributed by atoms with van der Waals surface area (Å²) >= 11 is 12.2. The minimum atomic E-state index is -4.08. The van der Waals surface area contributed by atoms with Crippen molar-refractivity contribution in [3.63, 3.8) is 0 Å². The second-order valence-electron chi connectivity index (χ2n) is 7.56. The van der Waals surface area contributed by atoms with Crippen LogP contribution in [0, 0.1) is 11.8 Å². The summed E-state index contributed by atoms with van der Waals surface area (Å²) < 4.78 is 60.2. The summed E-state index contributed by atoms with van der Waals surface area (Å²) in [7, 11) is -8.16. The Morgan fingerprint density at radius 3 is 1.33 bits per heavy atom. The fourth-order valence-electron chi connectivity index (χ4n) is 2.33. The molecule has 0 aliphatic rings. The van der Waals surface area contributed by atoms with Gasteiger partial charge in [-0.25, -0.2) is 0 Å². The molecule has 0 spiro atoms. The van der Waals surface area contributed by atoms with Crippen molar-refractivity contribution in [2.24, 2.45) is 11.8 Å². The van der Waals surface area contributed by atoms with Gasteiger partial charge < -0.3 is 0 Å². The summed E-state index contributed by atoms with van der Waals surface area (Å²) in [4.78, 5) is -0.393. The lowest BCUT2D eigenvalue weighted by molar-refractivity contribution is 0.274. The minimum Gasteiger partial charge on any atom is -0.266 e. The van der Waals surface area contributed by atoms with Crippen LogP contribution in [0.5, 0.6) is 0 Å². The number of hydrogen-bond acceptors (Lipinski definition) is 6. The molecule has 10 heteroatoms. The van der Waals surface area contributed by atoms with Crippen LogP contribution in [-0.2, 0) is 28.6 Å². The number of rotatable bonds is 9. The molecule has 0 bridgehead atoms. The molecule has 2 aromatic rings. The predicted octanol–water partition coefficient (Wildman–Crippen LogP) is 5.38. The van der Waals surface area contributed by atoms with E-state index in [9.17, 15) is 16.8 Å². The third kappa shape index (κ3) is 6.42. The highest BCUT2D eigenvalue weighted by Crippen LogP contribution is 2.33. The Bertz CT molecular complexity index is 1020. The summed E-state index contributed by atoms with van der Waals surface area (Å²) in [6.07, 6.45) is 0. The topological polar surface area (TPSA) is 86.7 Å². The minimum absolute atomic E-state index is 0.00424. The van der Waals surface area contributed by atoms with Crippen LogP contribution in [0.4, 0.5) is 0 Å². The first kappa shape index (κ1) is 25.1. The molecule has 0 atom stereocenters. The van der Waals surface area contributed by atoms with Crippen molar-refractivity contribution < 1.29 is 25.2 Å². The van der Waals surface area contributed by atoms with Crippen LogP contribution in [0.15, 0.2) is 46.2 Å². The molecule has 0 aliphatic heterocycles. The molecule has 0 saturated carbocycles. The summed E-state index contributed by atoms with van der Waals surface area (Å²) in [5.74, 6) is 0.0215. The Morgan fingerprint density at radius 2 is 1.03 bits per heavy atom. The molecule has 6 nitrogen and oxygen atoms in total.